The number of hydrogen-bond donors (Lipinski definition) is 1. The summed E-state index contributed by atoms with van der Waals surface area (Å²) in [6.07, 6.45) is 0. The first kappa shape index (κ1) is 13.7. The maximum atomic E-state index is 12.9. The van der Waals surface area contributed by atoms with Crippen LogP contribution in [0.15, 0.2) is 65.1 Å². The van der Waals surface area contributed by atoms with E-state index < -0.39 is 0 Å². The number of nitrogens with one attached hydrogen (secondary N) is 1. The third-order valence-electron chi connectivity index (χ3n) is 3.10. The molecular weight excluding hydrogens is 289 g/mol. The van der Waals surface area contributed by atoms with Crippen molar-refractivity contribution in [2.45, 2.75) is 6.54 Å². The lowest BCUT2D eigenvalue weighted by Gasteiger charge is -2.04. The highest BCUT2D eigenvalue weighted by atomic mass is 35.5. The van der Waals surface area contributed by atoms with Gasteiger partial charge in [0.15, 0.2) is 0 Å². The lowest BCUT2D eigenvalue weighted by atomic mass is 10.2. The van der Waals surface area contributed by atoms with E-state index in [9.17, 15) is 4.39 Å². The molecule has 0 bridgehead atoms. The fourth-order valence-corrected chi connectivity index (χ4v) is 2.13. The molecule has 2 nitrogen and oxygen atoms in total. The molecule has 106 valence electrons. The predicted molar refractivity (Wildman–Crippen MR) is 82.9 cm³/mol. The highest BCUT2D eigenvalue weighted by molar-refractivity contribution is 6.30. The van der Waals surface area contributed by atoms with Crippen LogP contribution in [-0.4, -0.2) is 0 Å². The Kier molecular flexibility index (Phi) is 3.93. The molecule has 0 aliphatic heterocycles. The normalized spacial score (nSPS) is 10.6. The van der Waals surface area contributed by atoms with Gasteiger partial charge in [0.2, 0.25) is 0 Å². The van der Waals surface area contributed by atoms with Crippen molar-refractivity contribution >= 4 is 17.3 Å². The number of hydrogen-bond acceptors (Lipinski definition) is 2. The minimum atomic E-state index is -0.255. The Labute approximate surface area is 127 Å². The van der Waals surface area contributed by atoms with Crippen molar-refractivity contribution in [3.63, 3.8) is 0 Å². The Morgan fingerprint density at radius 3 is 2.33 bits per heavy atom. The van der Waals surface area contributed by atoms with Gasteiger partial charge in [0.1, 0.15) is 17.3 Å². The zero-order valence-corrected chi connectivity index (χ0v) is 11.9. The lowest BCUT2D eigenvalue weighted by molar-refractivity contribution is 0.531. The molecule has 0 spiro atoms. The Bertz CT molecular complexity index is 719. The summed E-state index contributed by atoms with van der Waals surface area (Å²) in [4.78, 5) is 0. The molecule has 0 atom stereocenters. The maximum Gasteiger partial charge on any atom is 0.134 e. The van der Waals surface area contributed by atoms with Crippen LogP contribution in [0.1, 0.15) is 5.76 Å². The average molecular weight is 302 g/mol. The van der Waals surface area contributed by atoms with Crippen LogP contribution in [-0.2, 0) is 6.54 Å². The minimum absolute atomic E-state index is 0.255. The molecule has 0 fully saturated rings. The third-order valence-corrected chi connectivity index (χ3v) is 3.35. The second-order valence-corrected chi connectivity index (χ2v) is 5.07. The molecule has 21 heavy (non-hydrogen) atoms. The molecule has 0 saturated carbocycles. The molecule has 0 amide bonds. The highest BCUT2D eigenvalue weighted by Gasteiger charge is 2.05. The smallest absolute Gasteiger partial charge is 0.134 e. The minimum Gasteiger partial charge on any atom is -0.459 e. The van der Waals surface area contributed by atoms with Gasteiger partial charge in [0.25, 0.3) is 0 Å². The zero-order chi connectivity index (χ0) is 14.7. The summed E-state index contributed by atoms with van der Waals surface area (Å²) in [6.45, 7) is 0.572. The summed E-state index contributed by atoms with van der Waals surface area (Å²) in [7, 11) is 0. The fraction of sp³-hybridized carbons (Fsp3) is 0.0588. The van der Waals surface area contributed by atoms with Crippen LogP contribution in [0.3, 0.4) is 0 Å². The summed E-state index contributed by atoms with van der Waals surface area (Å²) in [5.74, 6) is 1.28. The van der Waals surface area contributed by atoms with Crippen LogP contribution in [0, 0.1) is 5.82 Å². The van der Waals surface area contributed by atoms with Crippen molar-refractivity contribution in [2.24, 2.45) is 0 Å². The second-order valence-electron chi connectivity index (χ2n) is 4.63. The monoisotopic (exact) mass is 301 g/mol. The SMILES string of the molecule is Fc1ccc(-c2ccc(CNc3ccc(Cl)cc3)o2)cc1. The summed E-state index contributed by atoms with van der Waals surface area (Å²) in [5, 5.41) is 3.96. The number of anilines is 1. The van der Waals surface area contributed by atoms with E-state index in [-0.39, 0.29) is 5.82 Å². The van der Waals surface area contributed by atoms with Crippen molar-refractivity contribution < 1.29 is 8.81 Å². The van der Waals surface area contributed by atoms with Crippen molar-refractivity contribution in [3.8, 4) is 11.3 Å². The van der Waals surface area contributed by atoms with E-state index in [1.165, 1.54) is 12.1 Å². The van der Waals surface area contributed by atoms with Gasteiger partial charge in [-0.2, -0.15) is 0 Å². The molecule has 0 saturated heterocycles. The molecule has 0 aliphatic carbocycles. The van der Waals surface area contributed by atoms with E-state index in [4.69, 9.17) is 16.0 Å². The summed E-state index contributed by atoms with van der Waals surface area (Å²) >= 11 is 5.84. The molecule has 1 aromatic heterocycles. The van der Waals surface area contributed by atoms with Crippen LogP contribution >= 0.6 is 11.6 Å². The van der Waals surface area contributed by atoms with E-state index in [0.29, 0.717) is 11.6 Å². The Hall–Kier alpha value is -2.26. The average Bonchev–Trinajstić information content (AvgIpc) is 2.96. The first-order chi connectivity index (χ1) is 10.2. The predicted octanol–water partition coefficient (Wildman–Crippen LogP) is 5.35. The van der Waals surface area contributed by atoms with Crippen molar-refractivity contribution in [2.75, 3.05) is 5.32 Å². The van der Waals surface area contributed by atoms with Crippen LogP contribution in [0.25, 0.3) is 11.3 Å². The summed E-state index contributed by atoms with van der Waals surface area (Å²) in [6, 6.07) is 17.5. The maximum absolute atomic E-state index is 12.9. The Balaban J connectivity index is 1.67. The van der Waals surface area contributed by atoms with Gasteiger partial charge >= 0.3 is 0 Å². The first-order valence-corrected chi connectivity index (χ1v) is 6.92. The molecule has 4 heteroatoms. The van der Waals surface area contributed by atoms with E-state index in [2.05, 4.69) is 5.32 Å². The molecule has 0 aliphatic rings. The zero-order valence-electron chi connectivity index (χ0n) is 11.1. The topological polar surface area (TPSA) is 25.2 Å². The van der Waals surface area contributed by atoms with E-state index in [1.807, 2.05) is 36.4 Å². The van der Waals surface area contributed by atoms with Crippen LogP contribution in [0.4, 0.5) is 10.1 Å². The van der Waals surface area contributed by atoms with E-state index in [1.54, 1.807) is 12.1 Å². The van der Waals surface area contributed by atoms with E-state index in [0.717, 1.165) is 22.8 Å². The quantitative estimate of drug-likeness (QED) is 0.702. The first-order valence-electron chi connectivity index (χ1n) is 6.55. The van der Waals surface area contributed by atoms with Gasteiger partial charge in [-0.25, -0.2) is 4.39 Å². The number of halogens is 2. The number of furan rings is 1. The highest BCUT2D eigenvalue weighted by Crippen LogP contribution is 2.23. The molecule has 3 aromatic rings. The fourth-order valence-electron chi connectivity index (χ4n) is 2.00. The van der Waals surface area contributed by atoms with Gasteiger partial charge in [-0.05, 0) is 60.7 Å². The van der Waals surface area contributed by atoms with Gasteiger partial charge in [-0.15, -0.1) is 0 Å². The Morgan fingerprint density at radius 1 is 0.905 bits per heavy atom. The number of rotatable bonds is 4. The van der Waals surface area contributed by atoms with Crippen LogP contribution < -0.4 is 5.32 Å². The molecule has 2 aromatic carbocycles. The molecule has 0 unspecified atom stereocenters. The molecular formula is C17H13ClFNO. The third kappa shape index (κ3) is 3.44. The Morgan fingerprint density at radius 2 is 1.62 bits per heavy atom. The largest absolute Gasteiger partial charge is 0.459 e. The molecule has 1 N–H and O–H groups in total. The lowest BCUT2D eigenvalue weighted by Crippen LogP contribution is -1.97. The second kappa shape index (κ2) is 6.02. The summed E-state index contributed by atoms with van der Waals surface area (Å²) in [5.41, 5.74) is 1.83. The van der Waals surface area contributed by atoms with E-state index >= 15 is 0 Å². The standard InChI is InChI=1S/C17H13ClFNO/c18-13-3-7-15(8-4-13)20-11-16-9-10-17(21-16)12-1-5-14(19)6-2-12/h1-10,20H,11H2. The van der Waals surface area contributed by atoms with Crippen molar-refractivity contribution in [3.05, 3.63) is 77.3 Å². The van der Waals surface area contributed by atoms with Crippen molar-refractivity contribution in [1.82, 2.24) is 0 Å². The van der Waals surface area contributed by atoms with Gasteiger partial charge < -0.3 is 9.73 Å². The molecule has 0 radical (unpaired) electrons. The van der Waals surface area contributed by atoms with Gasteiger partial charge in [0, 0.05) is 16.3 Å². The van der Waals surface area contributed by atoms with Crippen LogP contribution in [0.5, 0.6) is 0 Å². The van der Waals surface area contributed by atoms with Gasteiger partial charge in [-0.1, -0.05) is 11.6 Å². The van der Waals surface area contributed by atoms with Gasteiger partial charge in [0.05, 0.1) is 6.54 Å². The summed E-state index contributed by atoms with van der Waals surface area (Å²) < 4.78 is 18.6. The van der Waals surface area contributed by atoms with Crippen LogP contribution in [0.2, 0.25) is 5.02 Å². The number of benzene rings is 2. The van der Waals surface area contributed by atoms with Crippen molar-refractivity contribution in [1.29, 1.82) is 0 Å². The van der Waals surface area contributed by atoms with Gasteiger partial charge in [-0.3, -0.25) is 0 Å². The molecule has 1 heterocycles. The molecule has 3 rings (SSSR count).